The topological polar surface area (TPSA) is 35.0 Å². The minimum Gasteiger partial charge on any atom is -0.392 e. The molecule has 0 atom stereocenters. The summed E-state index contributed by atoms with van der Waals surface area (Å²) in [5, 5.41) is 0. The van der Waals surface area contributed by atoms with Crippen LogP contribution < -0.4 is 3.07 Å². The van der Waals surface area contributed by atoms with Gasteiger partial charge in [0, 0.05) is 11.4 Å². The molecule has 3 nitrogen and oxygen atoms in total. The molecule has 54 valence electrons. The molecule has 4 heteroatoms. The highest BCUT2D eigenvalue weighted by atomic mass is 127. The summed E-state index contributed by atoms with van der Waals surface area (Å²) >= 11 is 1.76. The second-order valence-electron chi connectivity index (χ2n) is 2.01. The third-order valence-corrected chi connectivity index (χ3v) is 1.42. The van der Waals surface area contributed by atoms with Gasteiger partial charge in [-0.05, 0) is 19.9 Å². The fourth-order valence-electron chi connectivity index (χ4n) is 0.728. The summed E-state index contributed by atoms with van der Waals surface area (Å²) < 4.78 is 4.82. The Hall–Kier alpha value is -0.390. The van der Waals surface area contributed by atoms with Crippen LogP contribution in [0.15, 0.2) is 6.07 Å². The first-order valence-electron chi connectivity index (χ1n) is 2.83. The van der Waals surface area contributed by atoms with Gasteiger partial charge in [0.25, 0.3) is 0 Å². The van der Waals surface area contributed by atoms with Gasteiger partial charge in [-0.15, -0.1) is 0 Å². The predicted molar refractivity (Wildman–Crippen MR) is 46.2 cm³/mol. The first-order valence-corrected chi connectivity index (χ1v) is 3.71. The third-order valence-electron chi connectivity index (χ3n) is 1.03. The Labute approximate surface area is 73.5 Å². The SMILES string of the molecule is Cc1cc(C)nc(OI)n1. The van der Waals surface area contributed by atoms with Crippen LogP contribution in [-0.2, 0) is 0 Å². The second kappa shape index (κ2) is 3.14. The van der Waals surface area contributed by atoms with Crippen LogP contribution in [0.2, 0.25) is 0 Å². The molecule has 0 aliphatic heterocycles. The van der Waals surface area contributed by atoms with E-state index in [1.54, 1.807) is 23.0 Å². The van der Waals surface area contributed by atoms with Gasteiger partial charge in [0.1, 0.15) is 0 Å². The van der Waals surface area contributed by atoms with E-state index in [0.29, 0.717) is 6.01 Å². The summed E-state index contributed by atoms with van der Waals surface area (Å²) in [4.78, 5) is 8.02. The number of hydrogen-bond acceptors (Lipinski definition) is 3. The molecule has 0 unspecified atom stereocenters. The maximum atomic E-state index is 4.82. The maximum Gasteiger partial charge on any atom is 0.326 e. The molecule has 10 heavy (non-hydrogen) atoms. The largest absolute Gasteiger partial charge is 0.392 e. The number of hydrogen-bond donors (Lipinski definition) is 0. The van der Waals surface area contributed by atoms with Gasteiger partial charge < -0.3 is 3.07 Å². The number of nitrogens with zero attached hydrogens (tertiary/aromatic N) is 2. The quantitative estimate of drug-likeness (QED) is 0.713. The lowest BCUT2D eigenvalue weighted by atomic mass is 10.4. The molecule has 0 fully saturated rings. The van der Waals surface area contributed by atoms with Crippen molar-refractivity contribution in [2.24, 2.45) is 0 Å². The summed E-state index contributed by atoms with van der Waals surface area (Å²) in [6.07, 6.45) is 0. The van der Waals surface area contributed by atoms with Crippen LogP contribution >= 0.6 is 23.0 Å². The van der Waals surface area contributed by atoms with Crippen LogP contribution in [0, 0.1) is 13.8 Å². The Morgan fingerprint density at radius 2 is 1.80 bits per heavy atom. The van der Waals surface area contributed by atoms with Crippen LogP contribution in [0.1, 0.15) is 11.4 Å². The van der Waals surface area contributed by atoms with E-state index in [9.17, 15) is 0 Å². The molecule has 1 aromatic rings. The van der Waals surface area contributed by atoms with Gasteiger partial charge in [-0.1, -0.05) is 0 Å². The van der Waals surface area contributed by atoms with Gasteiger partial charge in [-0.25, -0.2) is 0 Å². The zero-order valence-corrected chi connectivity index (χ0v) is 7.92. The third kappa shape index (κ3) is 1.80. The van der Waals surface area contributed by atoms with E-state index in [2.05, 4.69) is 9.97 Å². The summed E-state index contributed by atoms with van der Waals surface area (Å²) in [6, 6.07) is 2.33. The highest BCUT2D eigenvalue weighted by Crippen LogP contribution is 2.07. The number of rotatable bonds is 1. The number of halogens is 1. The van der Waals surface area contributed by atoms with Gasteiger partial charge in [-0.3, -0.25) is 0 Å². The van der Waals surface area contributed by atoms with Crippen LogP contribution in [0.25, 0.3) is 0 Å². The van der Waals surface area contributed by atoms with E-state index in [0.717, 1.165) is 11.4 Å². The number of aromatic nitrogens is 2. The Kier molecular flexibility index (Phi) is 2.42. The standard InChI is InChI=1S/C6H7IN2O/c1-4-3-5(2)9-6(8-4)10-7/h3H,1-2H3. The molecule has 0 spiro atoms. The van der Waals surface area contributed by atoms with E-state index < -0.39 is 0 Å². The highest BCUT2D eigenvalue weighted by molar-refractivity contribution is 14.1. The van der Waals surface area contributed by atoms with Crippen molar-refractivity contribution >= 4 is 23.0 Å². The average Bonchev–Trinajstić information content (AvgIpc) is 1.85. The molecular formula is C6H7IN2O. The van der Waals surface area contributed by atoms with Crippen molar-refractivity contribution in [1.29, 1.82) is 0 Å². The Morgan fingerprint density at radius 3 is 2.20 bits per heavy atom. The summed E-state index contributed by atoms with van der Waals surface area (Å²) in [6.45, 7) is 3.82. The highest BCUT2D eigenvalue weighted by Gasteiger charge is 1.96. The van der Waals surface area contributed by atoms with Crippen LogP contribution in [-0.4, -0.2) is 9.97 Å². The van der Waals surface area contributed by atoms with Crippen molar-refractivity contribution in [2.45, 2.75) is 13.8 Å². The van der Waals surface area contributed by atoms with E-state index in [4.69, 9.17) is 3.07 Å². The van der Waals surface area contributed by atoms with Gasteiger partial charge in [0.05, 0.1) is 0 Å². The Morgan fingerprint density at radius 1 is 1.30 bits per heavy atom. The van der Waals surface area contributed by atoms with Gasteiger partial charge in [0.15, 0.2) is 23.0 Å². The molecule has 0 saturated heterocycles. The molecular weight excluding hydrogens is 243 g/mol. The molecule has 0 N–H and O–H groups in total. The van der Waals surface area contributed by atoms with Crippen LogP contribution in [0.3, 0.4) is 0 Å². The van der Waals surface area contributed by atoms with Crippen LogP contribution in [0.4, 0.5) is 0 Å². The van der Waals surface area contributed by atoms with Crippen molar-refractivity contribution in [2.75, 3.05) is 0 Å². The fraction of sp³-hybridized carbons (Fsp3) is 0.333. The minimum absolute atomic E-state index is 0.429. The van der Waals surface area contributed by atoms with Gasteiger partial charge >= 0.3 is 6.01 Å². The van der Waals surface area contributed by atoms with E-state index in [-0.39, 0.29) is 0 Å². The minimum atomic E-state index is 0.429. The first kappa shape index (κ1) is 7.71. The molecule has 0 aliphatic rings. The zero-order valence-electron chi connectivity index (χ0n) is 5.76. The monoisotopic (exact) mass is 250 g/mol. The lowest BCUT2D eigenvalue weighted by Gasteiger charge is -1.97. The van der Waals surface area contributed by atoms with E-state index >= 15 is 0 Å². The Bertz CT molecular complexity index is 219. The van der Waals surface area contributed by atoms with Crippen molar-refractivity contribution < 1.29 is 3.07 Å². The number of aryl methyl sites for hydroxylation is 2. The summed E-state index contributed by atoms with van der Waals surface area (Å²) in [5.74, 6) is 0. The molecule has 0 aromatic carbocycles. The lowest BCUT2D eigenvalue weighted by molar-refractivity contribution is 0.635. The van der Waals surface area contributed by atoms with E-state index in [1.807, 2.05) is 19.9 Å². The summed E-state index contributed by atoms with van der Waals surface area (Å²) in [7, 11) is 0. The molecule has 1 heterocycles. The molecule has 1 aromatic heterocycles. The fourth-order valence-corrected chi connectivity index (χ4v) is 0.925. The van der Waals surface area contributed by atoms with Crippen molar-refractivity contribution in [3.05, 3.63) is 17.5 Å². The second-order valence-corrected chi connectivity index (χ2v) is 2.45. The van der Waals surface area contributed by atoms with Gasteiger partial charge in [-0.2, -0.15) is 9.97 Å². The molecule has 0 aliphatic carbocycles. The zero-order chi connectivity index (χ0) is 7.56. The summed E-state index contributed by atoms with van der Waals surface area (Å²) in [5.41, 5.74) is 1.86. The molecule has 0 amide bonds. The molecule has 0 radical (unpaired) electrons. The average molecular weight is 250 g/mol. The molecule has 1 rings (SSSR count). The van der Waals surface area contributed by atoms with Crippen LogP contribution in [0.5, 0.6) is 6.01 Å². The first-order chi connectivity index (χ1) is 4.72. The molecule has 0 bridgehead atoms. The van der Waals surface area contributed by atoms with E-state index in [1.165, 1.54) is 0 Å². The Balaban J connectivity index is 3.06. The predicted octanol–water partition coefficient (Wildman–Crippen LogP) is 1.82. The maximum absolute atomic E-state index is 4.82. The molecule has 0 saturated carbocycles. The normalized spacial score (nSPS) is 9.50. The van der Waals surface area contributed by atoms with Gasteiger partial charge in [0.2, 0.25) is 0 Å². The van der Waals surface area contributed by atoms with Crippen molar-refractivity contribution in [3.8, 4) is 6.01 Å². The van der Waals surface area contributed by atoms with Crippen molar-refractivity contribution in [3.63, 3.8) is 0 Å². The van der Waals surface area contributed by atoms with Crippen molar-refractivity contribution in [1.82, 2.24) is 9.97 Å². The lowest BCUT2D eigenvalue weighted by Crippen LogP contribution is -1.91. The smallest absolute Gasteiger partial charge is 0.326 e.